The number of aryl methyl sites for hydroxylation is 1. The van der Waals surface area contributed by atoms with E-state index in [1.807, 2.05) is 28.5 Å². The van der Waals surface area contributed by atoms with Gasteiger partial charge in [0.15, 0.2) is 11.0 Å². The number of hydrogen-bond donors (Lipinski definition) is 1. The van der Waals surface area contributed by atoms with Crippen molar-refractivity contribution >= 4 is 23.6 Å². The molecule has 1 N–H and O–H groups in total. The maximum absolute atomic E-state index is 12.3. The quantitative estimate of drug-likeness (QED) is 0.620. The highest BCUT2D eigenvalue weighted by molar-refractivity contribution is 7.99. The second-order valence-corrected chi connectivity index (χ2v) is 8.53. The van der Waals surface area contributed by atoms with E-state index >= 15 is 0 Å². The Hall–Kier alpha value is -2.35. The highest BCUT2D eigenvalue weighted by atomic mass is 32.2. The summed E-state index contributed by atoms with van der Waals surface area (Å²) in [4.78, 5) is 26.4. The van der Waals surface area contributed by atoms with Gasteiger partial charge in [-0.2, -0.15) is 0 Å². The first-order chi connectivity index (χ1) is 14.6. The summed E-state index contributed by atoms with van der Waals surface area (Å²) >= 11 is 1.39. The molecule has 1 aliphatic rings. The lowest BCUT2D eigenvalue weighted by Gasteiger charge is -2.20. The fourth-order valence-electron chi connectivity index (χ4n) is 3.65. The van der Waals surface area contributed by atoms with Gasteiger partial charge in [-0.15, -0.1) is 10.2 Å². The van der Waals surface area contributed by atoms with E-state index in [1.54, 1.807) is 0 Å². The lowest BCUT2D eigenvalue weighted by atomic mass is 10.1. The van der Waals surface area contributed by atoms with E-state index in [2.05, 4.69) is 34.6 Å². The Morgan fingerprint density at radius 3 is 2.83 bits per heavy atom. The Bertz CT molecular complexity index is 867. The molecule has 0 spiro atoms. The molecular formula is C22H31N5O2S. The Morgan fingerprint density at radius 2 is 2.03 bits per heavy atom. The molecule has 8 heteroatoms. The van der Waals surface area contributed by atoms with Crippen molar-refractivity contribution < 1.29 is 9.59 Å². The number of aromatic nitrogens is 3. The van der Waals surface area contributed by atoms with Crippen LogP contribution in [-0.4, -0.2) is 50.3 Å². The van der Waals surface area contributed by atoms with Crippen molar-refractivity contribution in [3.8, 4) is 0 Å². The van der Waals surface area contributed by atoms with Gasteiger partial charge in [-0.1, -0.05) is 42.4 Å². The second-order valence-electron chi connectivity index (χ2n) is 7.58. The largest absolute Gasteiger partial charge is 0.355 e. The van der Waals surface area contributed by atoms with Crippen LogP contribution in [0, 0.1) is 6.92 Å². The number of nitrogens with zero attached hydrogens (tertiary/aromatic N) is 4. The zero-order valence-corrected chi connectivity index (χ0v) is 18.7. The first-order valence-corrected chi connectivity index (χ1v) is 11.7. The van der Waals surface area contributed by atoms with Gasteiger partial charge in [0.1, 0.15) is 0 Å². The first kappa shape index (κ1) is 22.3. The topological polar surface area (TPSA) is 80.1 Å². The number of benzene rings is 1. The van der Waals surface area contributed by atoms with Crippen molar-refractivity contribution in [1.82, 2.24) is 25.0 Å². The predicted molar refractivity (Wildman–Crippen MR) is 118 cm³/mol. The third kappa shape index (κ3) is 6.08. The van der Waals surface area contributed by atoms with Crippen LogP contribution < -0.4 is 5.32 Å². The van der Waals surface area contributed by atoms with Crippen LogP contribution in [0.3, 0.4) is 0 Å². The number of rotatable bonds is 9. The zero-order valence-electron chi connectivity index (χ0n) is 17.9. The fourth-order valence-corrected chi connectivity index (χ4v) is 4.50. The van der Waals surface area contributed by atoms with E-state index in [-0.39, 0.29) is 11.8 Å². The van der Waals surface area contributed by atoms with Gasteiger partial charge < -0.3 is 14.8 Å². The molecular weight excluding hydrogens is 398 g/mol. The summed E-state index contributed by atoms with van der Waals surface area (Å²) < 4.78 is 2.00. The molecule has 0 atom stereocenters. The molecule has 0 saturated carbocycles. The van der Waals surface area contributed by atoms with Gasteiger partial charge in [0.05, 0.1) is 12.3 Å². The van der Waals surface area contributed by atoms with Gasteiger partial charge in [0.2, 0.25) is 11.8 Å². The van der Waals surface area contributed by atoms with Crippen LogP contribution in [0.1, 0.15) is 49.6 Å². The summed E-state index contributed by atoms with van der Waals surface area (Å²) in [5.41, 5.74) is 2.50. The molecule has 1 aliphatic heterocycles. The normalized spacial score (nSPS) is 14.6. The summed E-state index contributed by atoms with van der Waals surface area (Å²) in [6.45, 7) is 6.71. The van der Waals surface area contributed by atoms with Crippen molar-refractivity contribution in [3.05, 3.63) is 41.2 Å². The monoisotopic (exact) mass is 429 g/mol. The number of carbonyl (C=O) groups excluding carboxylic acids is 2. The van der Waals surface area contributed by atoms with Crippen molar-refractivity contribution in [2.75, 3.05) is 18.8 Å². The average molecular weight is 430 g/mol. The Labute approximate surface area is 182 Å². The molecule has 3 rings (SSSR count). The maximum atomic E-state index is 12.3. The van der Waals surface area contributed by atoms with Crippen LogP contribution in [-0.2, 0) is 29.1 Å². The van der Waals surface area contributed by atoms with E-state index in [9.17, 15) is 9.59 Å². The Kier molecular flexibility index (Phi) is 8.30. The third-order valence-corrected chi connectivity index (χ3v) is 6.39. The SMILES string of the molecule is CCn1c(CN2CCCCCC2=O)nnc1SCC(=O)NCCc1ccccc1C. The summed E-state index contributed by atoms with van der Waals surface area (Å²) in [6, 6.07) is 8.22. The molecule has 2 aromatic rings. The molecule has 0 aliphatic carbocycles. The summed E-state index contributed by atoms with van der Waals surface area (Å²) in [5.74, 6) is 1.27. The molecule has 0 unspecified atom stereocenters. The van der Waals surface area contributed by atoms with Crippen LogP contribution in [0.25, 0.3) is 0 Å². The van der Waals surface area contributed by atoms with Crippen LogP contribution in [0.4, 0.5) is 0 Å². The highest BCUT2D eigenvalue weighted by Crippen LogP contribution is 2.19. The number of likely N-dealkylation sites (tertiary alicyclic amines) is 1. The van der Waals surface area contributed by atoms with Gasteiger partial charge in [-0.3, -0.25) is 9.59 Å². The number of nitrogens with one attached hydrogen (secondary N) is 1. The molecule has 162 valence electrons. The molecule has 1 fully saturated rings. The number of amides is 2. The van der Waals surface area contributed by atoms with Crippen molar-refractivity contribution in [2.45, 2.75) is 64.2 Å². The van der Waals surface area contributed by atoms with E-state index in [0.29, 0.717) is 31.8 Å². The molecule has 7 nitrogen and oxygen atoms in total. The lowest BCUT2D eigenvalue weighted by Crippen LogP contribution is -2.31. The minimum absolute atomic E-state index is 0.0107. The van der Waals surface area contributed by atoms with E-state index in [0.717, 1.165) is 43.2 Å². The van der Waals surface area contributed by atoms with E-state index < -0.39 is 0 Å². The number of carbonyl (C=O) groups is 2. The molecule has 0 radical (unpaired) electrons. The Balaban J connectivity index is 1.49. The summed E-state index contributed by atoms with van der Waals surface area (Å²) in [6.07, 6.45) is 4.54. The van der Waals surface area contributed by atoms with Gasteiger partial charge in [-0.05, 0) is 44.2 Å². The van der Waals surface area contributed by atoms with E-state index in [1.165, 1.54) is 22.9 Å². The molecule has 1 aromatic carbocycles. The first-order valence-electron chi connectivity index (χ1n) is 10.7. The van der Waals surface area contributed by atoms with Crippen molar-refractivity contribution in [2.24, 2.45) is 0 Å². The van der Waals surface area contributed by atoms with Crippen LogP contribution in [0.15, 0.2) is 29.4 Å². The van der Waals surface area contributed by atoms with Gasteiger partial charge in [-0.25, -0.2) is 0 Å². The molecule has 1 aromatic heterocycles. The standard InChI is InChI=1S/C22H31N5O2S/c1-3-27-19(15-26-14-8-4-5-11-21(26)29)24-25-22(27)30-16-20(28)23-13-12-18-10-7-6-9-17(18)2/h6-7,9-10H,3-5,8,11-16H2,1-2H3,(H,23,28). The second kappa shape index (κ2) is 11.2. The minimum Gasteiger partial charge on any atom is -0.355 e. The zero-order chi connectivity index (χ0) is 21.3. The van der Waals surface area contributed by atoms with Crippen molar-refractivity contribution in [1.29, 1.82) is 0 Å². The van der Waals surface area contributed by atoms with Crippen LogP contribution in [0.5, 0.6) is 0 Å². The van der Waals surface area contributed by atoms with Crippen molar-refractivity contribution in [3.63, 3.8) is 0 Å². The maximum Gasteiger partial charge on any atom is 0.230 e. The predicted octanol–water partition coefficient (Wildman–Crippen LogP) is 2.96. The van der Waals surface area contributed by atoms with Crippen LogP contribution >= 0.6 is 11.8 Å². The van der Waals surface area contributed by atoms with Crippen LogP contribution in [0.2, 0.25) is 0 Å². The summed E-state index contributed by atoms with van der Waals surface area (Å²) in [7, 11) is 0. The third-order valence-electron chi connectivity index (χ3n) is 5.42. The lowest BCUT2D eigenvalue weighted by molar-refractivity contribution is -0.131. The molecule has 2 amide bonds. The van der Waals surface area contributed by atoms with Gasteiger partial charge in [0.25, 0.3) is 0 Å². The minimum atomic E-state index is -0.0107. The Morgan fingerprint density at radius 1 is 1.20 bits per heavy atom. The van der Waals surface area contributed by atoms with E-state index in [4.69, 9.17) is 0 Å². The van der Waals surface area contributed by atoms with Gasteiger partial charge >= 0.3 is 0 Å². The summed E-state index contributed by atoms with van der Waals surface area (Å²) in [5, 5.41) is 12.3. The smallest absolute Gasteiger partial charge is 0.230 e. The average Bonchev–Trinajstić information content (AvgIpc) is 3.02. The highest BCUT2D eigenvalue weighted by Gasteiger charge is 2.21. The number of thioether (sulfide) groups is 1. The molecule has 2 heterocycles. The molecule has 1 saturated heterocycles. The number of hydrogen-bond acceptors (Lipinski definition) is 5. The fraction of sp³-hybridized carbons (Fsp3) is 0.545. The molecule has 30 heavy (non-hydrogen) atoms. The van der Waals surface area contributed by atoms with Gasteiger partial charge in [0, 0.05) is 26.1 Å². The molecule has 0 bridgehead atoms.